The average Bonchev–Trinajstić information content (AvgIpc) is 3.23. The lowest BCUT2D eigenvalue weighted by molar-refractivity contribution is -0.121. The summed E-state index contributed by atoms with van der Waals surface area (Å²) in [6.07, 6.45) is -0.756. The molecule has 2 aliphatic rings. The number of hydrogen-bond acceptors (Lipinski definition) is 6. The highest BCUT2D eigenvalue weighted by molar-refractivity contribution is 5.14. The smallest absolute Gasteiger partial charge is 0.330 e. The van der Waals surface area contributed by atoms with E-state index in [-0.39, 0.29) is 6.61 Å². The van der Waals surface area contributed by atoms with E-state index in [9.17, 15) is 14.7 Å². The second-order valence-electron chi connectivity index (χ2n) is 7.06. The van der Waals surface area contributed by atoms with Gasteiger partial charge in [-0.05, 0) is 12.5 Å². The van der Waals surface area contributed by atoms with E-state index in [1.54, 1.807) is 6.92 Å². The van der Waals surface area contributed by atoms with Gasteiger partial charge in [0, 0.05) is 24.8 Å². The number of nitrogens with one attached hydrogen (secondary N) is 1. The monoisotopic (exact) mass is 374 g/mol. The van der Waals surface area contributed by atoms with Gasteiger partial charge in [0.15, 0.2) is 6.23 Å². The summed E-state index contributed by atoms with van der Waals surface area (Å²) in [6, 6.07) is 9.63. The van der Waals surface area contributed by atoms with Gasteiger partial charge in [0.25, 0.3) is 5.56 Å². The van der Waals surface area contributed by atoms with Crippen LogP contribution < -0.4 is 11.2 Å². The van der Waals surface area contributed by atoms with Gasteiger partial charge in [-0.1, -0.05) is 30.3 Å². The molecule has 4 rings (SSSR count). The topological polar surface area (TPSA) is 103 Å². The molecule has 8 nitrogen and oxygen atoms in total. The van der Waals surface area contributed by atoms with Crippen LogP contribution in [0.4, 0.5) is 0 Å². The van der Waals surface area contributed by atoms with Crippen LogP contribution in [0.15, 0.2) is 46.1 Å². The predicted octanol–water partition coefficient (Wildman–Crippen LogP) is 0.479. The molecular weight excluding hydrogens is 352 g/mol. The molecule has 1 aromatic carbocycles. The highest BCUT2D eigenvalue weighted by Gasteiger charge is 2.58. The molecule has 1 spiro atoms. The Morgan fingerprint density at radius 2 is 2.11 bits per heavy atom. The van der Waals surface area contributed by atoms with Crippen LogP contribution in [0.2, 0.25) is 0 Å². The fourth-order valence-electron chi connectivity index (χ4n) is 3.72. The van der Waals surface area contributed by atoms with E-state index in [4.69, 9.17) is 14.2 Å². The van der Waals surface area contributed by atoms with E-state index in [1.807, 2.05) is 30.3 Å². The van der Waals surface area contributed by atoms with E-state index >= 15 is 0 Å². The molecule has 8 heteroatoms. The molecule has 0 radical (unpaired) electrons. The van der Waals surface area contributed by atoms with Crippen molar-refractivity contribution in [1.82, 2.24) is 9.55 Å². The van der Waals surface area contributed by atoms with Crippen molar-refractivity contribution in [2.45, 2.75) is 44.0 Å². The zero-order valence-corrected chi connectivity index (χ0v) is 15.0. The summed E-state index contributed by atoms with van der Waals surface area (Å²) in [5.41, 5.74) is -0.593. The van der Waals surface area contributed by atoms with E-state index in [2.05, 4.69) is 4.98 Å². The lowest BCUT2D eigenvalue weighted by Gasteiger charge is -2.28. The third-order valence-corrected chi connectivity index (χ3v) is 5.18. The van der Waals surface area contributed by atoms with Crippen molar-refractivity contribution in [3.8, 4) is 0 Å². The van der Waals surface area contributed by atoms with Gasteiger partial charge >= 0.3 is 5.69 Å². The van der Waals surface area contributed by atoms with Crippen LogP contribution >= 0.6 is 0 Å². The second kappa shape index (κ2) is 7.05. The summed E-state index contributed by atoms with van der Waals surface area (Å²) >= 11 is 0. The van der Waals surface area contributed by atoms with Gasteiger partial charge in [0.1, 0.15) is 17.8 Å². The number of aromatic nitrogens is 2. The maximum absolute atomic E-state index is 12.3. The molecular formula is C19H22N2O6. The number of ether oxygens (including phenoxy) is 3. The van der Waals surface area contributed by atoms with E-state index in [1.165, 1.54) is 10.8 Å². The van der Waals surface area contributed by atoms with Gasteiger partial charge in [0.05, 0.1) is 13.2 Å². The van der Waals surface area contributed by atoms with Gasteiger partial charge in [-0.2, -0.15) is 0 Å². The molecule has 2 aliphatic heterocycles. The van der Waals surface area contributed by atoms with Crippen molar-refractivity contribution in [3.05, 3.63) is 68.5 Å². The molecule has 4 atom stereocenters. The van der Waals surface area contributed by atoms with E-state index < -0.39 is 35.3 Å². The van der Waals surface area contributed by atoms with Crippen LogP contribution in [0.1, 0.15) is 23.8 Å². The van der Waals surface area contributed by atoms with E-state index in [0.29, 0.717) is 25.2 Å². The highest BCUT2D eigenvalue weighted by atomic mass is 16.6. The first-order chi connectivity index (χ1) is 13.0. The van der Waals surface area contributed by atoms with Crippen molar-refractivity contribution in [3.63, 3.8) is 0 Å². The summed E-state index contributed by atoms with van der Waals surface area (Å²) in [5.74, 6) is 0. The Kier molecular flexibility index (Phi) is 4.73. The molecule has 0 aliphatic carbocycles. The Bertz CT molecular complexity index is 916. The molecule has 144 valence electrons. The maximum atomic E-state index is 12.3. The minimum absolute atomic E-state index is 0.275. The number of nitrogens with zero attached hydrogens (tertiary/aromatic N) is 1. The lowest BCUT2D eigenvalue weighted by atomic mass is 9.94. The van der Waals surface area contributed by atoms with Crippen LogP contribution in [0.3, 0.4) is 0 Å². The number of benzene rings is 1. The minimum Gasteiger partial charge on any atom is -0.386 e. The molecule has 27 heavy (non-hydrogen) atoms. The summed E-state index contributed by atoms with van der Waals surface area (Å²) in [5, 5.41) is 10.9. The molecule has 3 heterocycles. The molecule has 0 amide bonds. The zero-order chi connectivity index (χ0) is 19.0. The maximum Gasteiger partial charge on any atom is 0.330 e. The Balaban J connectivity index is 1.63. The first-order valence-corrected chi connectivity index (χ1v) is 8.91. The van der Waals surface area contributed by atoms with Crippen molar-refractivity contribution in [1.29, 1.82) is 0 Å². The summed E-state index contributed by atoms with van der Waals surface area (Å²) in [4.78, 5) is 26.1. The molecule has 1 unspecified atom stereocenters. The Hall–Kier alpha value is -2.26. The number of hydrogen-bond donors (Lipinski definition) is 2. The Morgan fingerprint density at radius 1 is 1.33 bits per heavy atom. The molecule has 0 bridgehead atoms. The summed E-state index contributed by atoms with van der Waals surface area (Å²) < 4.78 is 18.9. The molecule has 0 saturated carbocycles. The van der Waals surface area contributed by atoms with Crippen LogP contribution in [-0.4, -0.2) is 45.7 Å². The molecule has 1 aromatic heterocycles. The van der Waals surface area contributed by atoms with Gasteiger partial charge in [-0.25, -0.2) is 4.79 Å². The third-order valence-electron chi connectivity index (χ3n) is 5.18. The molecule has 2 saturated heterocycles. The van der Waals surface area contributed by atoms with Crippen LogP contribution in [0.25, 0.3) is 0 Å². The number of aliphatic hydroxyl groups is 1. The highest BCUT2D eigenvalue weighted by Crippen LogP contribution is 2.43. The van der Waals surface area contributed by atoms with Crippen molar-refractivity contribution < 1.29 is 19.3 Å². The Labute approximate surface area is 155 Å². The minimum atomic E-state index is -1.08. The van der Waals surface area contributed by atoms with Crippen molar-refractivity contribution in [2.24, 2.45) is 0 Å². The fourth-order valence-corrected chi connectivity index (χ4v) is 3.72. The van der Waals surface area contributed by atoms with Gasteiger partial charge in [-0.3, -0.25) is 14.3 Å². The fraction of sp³-hybridized carbons (Fsp3) is 0.474. The molecule has 2 aromatic rings. The van der Waals surface area contributed by atoms with E-state index in [0.717, 1.165) is 5.56 Å². The third kappa shape index (κ3) is 3.25. The SMILES string of the molecule is Cc1cn([C@@H]2O[C@]3(CCOC3)C(OCc3ccccc3)[C@@H]2O)c(=O)[nH]c1=O. The van der Waals surface area contributed by atoms with Crippen LogP contribution in [0.5, 0.6) is 0 Å². The number of H-pyrrole nitrogens is 1. The number of aromatic amines is 1. The number of rotatable bonds is 4. The summed E-state index contributed by atoms with van der Waals surface area (Å²) in [7, 11) is 0. The zero-order valence-electron chi connectivity index (χ0n) is 15.0. The number of aliphatic hydroxyl groups excluding tert-OH is 1. The van der Waals surface area contributed by atoms with Crippen molar-refractivity contribution in [2.75, 3.05) is 13.2 Å². The average molecular weight is 374 g/mol. The lowest BCUT2D eigenvalue weighted by Crippen LogP contribution is -2.45. The van der Waals surface area contributed by atoms with Crippen molar-refractivity contribution >= 4 is 0 Å². The predicted molar refractivity (Wildman–Crippen MR) is 95.4 cm³/mol. The number of aryl methyl sites for hydroxylation is 1. The summed E-state index contributed by atoms with van der Waals surface area (Å²) in [6.45, 7) is 2.66. The largest absolute Gasteiger partial charge is 0.386 e. The van der Waals surface area contributed by atoms with Gasteiger partial charge < -0.3 is 19.3 Å². The first kappa shape index (κ1) is 18.1. The first-order valence-electron chi connectivity index (χ1n) is 8.91. The van der Waals surface area contributed by atoms with Crippen LogP contribution in [-0.2, 0) is 20.8 Å². The Morgan fingerprint density at radius 3 is 2.81 bits per heavy atom. The van der Waals surface area contributed by atoms with Crippen LogP contribution in [0, 0.1) is 6.92 Å². The second-order valence-corrected chi connectivity index (χ2v) is 7.06. The quantitative estimate of drug-likeness (QED) is 0.807. The standard InChI is InChI=1S/C19H22N2O6/c1-12-9-21(18(24)20-16(12)23)17-14(22)15(19(27-17)7-8-25-11-19)26-10-13-5-3-2-4-6-13/h2-6,9,14-15,17,22H,7-8,10-11H2,1H3,(H,20,23,24)/t14-,15?,17+,19-/m0/s1. The molecule has 2 fully saturated rings. The van der Waals surface area contributed by atoms with Gasteiger partial charge in [-0.15, -0.1) is 0 Å². The normalized spacial score (nSPS) is 30.2. The molecule has 2 N–H and O–H groups in total. The van der Waals surface area contributed by atoms with Gasteiger partial charge in [0.2, 0.25) is 0 Å².